The van der Waals surface area contributed by atoms with Gasteiger partial charge in [-0.2, -0.15) is 0 Å². The van der Waals surface area contributed by atoms with E-state index in [1.54, 1.807) is 14.2 Å². The first kappa shape index (κ1) is 21.7. The van der Waals surface area contributed by atoms with Crippen LogP contribution in [-0.2, 0) is 9.47 Å². The number of anilines is 1. The minimum atomic E-state index is 0.600. The summed E-state index contributed by atoms with van der Waals surface area (Å²) in [7, 11) is 3.41. The molecule has 0 N–H and O–H groups in total. The van der Waals surface area contributed by atoms with Crippen LogP contribution in [0, 0.1) is 0 Å². The van der Waals surface area contributed by atoms with Gasteiger partial charge in [0.25, 0.3) is 0 Å². The summed E-state index contributed by atoms with van der Waals surface area (Å²) in [5, 5.41) is 1.01. The monoisotopic (exact) mass is 429 g/mol. The summed E-state index contributed by atoms with van der Waals surface area (Å²) in [6, 6.07) is 25.7. The van der Waals surface area contributed by atoms with Gasteiger partial charge < -0.3 is 19.1 Å². The van der Waals surface area contributed by atoms with E-state index in [2.05, 4.69) is 11.0 Å². The molecule has 0 fully saturated rings. The number of fused-ring (bicyclic) bond motifs is 1. The van der Waals surface area contributed by atoms with Crippen LogP contribution in [-0.4, -0.2) is 50.5 Å². The molecule has 0 saturated carbocycles. The van der Waals surface area contributed by atoms with Crippen molar-refractivity contribution in [1.82, 2.24) is 9.97 Å². The predicted molar refractivity (Wildman–Crippen MR) is 127 cm³/mol. The molecule has 4 rings (SSSR count). The Morgan fingerprint density at radius 2 is 1.31 bits per heavy atom. The van der Waals surface area contributed by atoms with E-state index in [1.807, 2.05) is 72.8 Å². The third-order valence-electron chi connectivity index (χ3n) is 5.10. The van der Waals surface area contributed by atoms with Crippen molar-refractivity contribution < 1.29 is 14.2 Å². The van der Waals surface area contributed by atoms with Gasteiger partial charge in [-0.25, -0.2) is 9.97 Å². The molecule has 0 bridgehead atoms. The number of rotatable bonds is 10. The highest BCUT2D eigenvalue weighted by molar-refractivity contribution is 5.91. The molecule has 6 heteroatoms. The molecule has 0 spiro atoms. The lowest BCUT2D eigenvalue weighted by atomic mass is 10.1. The highest BCUT2D eigenvalue weighted by Crippen LogP contribution is 2.29. The number of methoxy groups -OCH3 is 2. The molecule has 164 valence electrons. The Kier molecular flexibility index (Phi) is 7.27. The molecular formula is C26H27N3O3. The molecule has 1 aromatic heterocycles. The van der Waals surface area contributed by atoms with Gasteiger partial charge in [0.2, 0.25) is 0 Å². The summed E-state index contributed by atoms with van der Waals surface area (Å²) in [6.07, 6.45) is 0. The average Bonchev–Trinajstić information content (AvgIpc) is 2.85. The Labute approximate surface area is 188 Å². The SMILES string of the molecule is COCCN(CCOC)c1nc(-c2ccc(Oc3ccccc3)cc2)nc2ccccc12. The van der Waals surface area contributed by atoms with Gasteiger partial charge in [0.05, 0.1) is 18.7 Å². The first-order valence-electron chi connectivity index (χ1n) is 10.6. The van der Waals surface area contributed by atoms with Gasteiger partial charge in [-0.05, 0) is 48.5 Å². The van der Waals surface area contributed by atoms with E-state index in [-0.39, 0.29) is 0 Å². The number of aromatic nitrogens is 2. The summed E-state index contributed by atoms with van der Waals surface area (Å²) in [5.41, 5.74) is 1.83. The van der Waals surface area contributed by atoms with Gasteiger partial charge in [-0.1, -0.05) is 30.3 Å². The Morgan fingerprint density at radius 1 is 0.688 bits per heavy atom. The fourth-order valence-corrected chi connectivity index (χ4v) is 3.45. The van der Waals surface area contributed by atoms with Gasteiger partial charge >= 0.3 is 0 Å². The molecule has 0 amide bonds. The molecule has 0 aliphatic heterocycles. The van der Waals surface area contributed by atoms with Crippen molar-refractivity contribution in [3.8, 4) is 22.9 Å². The van der Waals surface area contributed by atoms with Crippen molar-refractivity contribution >= 4 is 16.7 Å². The minimum Gasteiger partial charge on any atom is -0.457 e. The molecule has 0 saturated heterocycles. The van der Waals surface area contributed by atoms with Crippen molar-refractivity contribution in [2.75, 3.05) is 45.4 Å². The Morgan fingerprint density at radius 3 is 2.00 bits per heavy atom. The minimum absolute atomic E-state index is 0.600. The molecular weight excluding hydrogens is 402 g/mol. The topological polar surface area (TPSA) is 56.7 Å². The third kappa shape index (κ3) is 5.22. The van der Waals surface area contributed by atoms with Gasteiger partial charge in [0.1, 0.15) is 17.3 Å². The van der Waals surface area contributed by atoms with Crippen LogP contribution in [0.5, 0.6) is 11.5 Å². The maximum absolute atomic E-state index is 5.91. The third-order valence-corrected chi connectivity index (χ3v) is 5.10. The second-order valence-corrected chi connectivity index (χ2v) is 7.30. The van der Waals surface area contributed by atoms with Gasteiger partial charge in [0, 0.05) is 38.3 Å². The largest absolute Gasteiger partial charge is 0.457 e. The molecule has 6 nitrogen and oxygen atoms in total. The van der Waals surface area contributed by atoms with Gasteiger partial charge in [-0.3, -0.25) is 0 Å². The fraction of sp³-hybridized carbons (Fsp3) is 0.231. The van der Waals surface area contributed by atoms with Crippen LogP contribution in [0.25, 0.3) is 22.3 Å². The summed E-state index contributed by atoms with van der Waals surface area (Å²) in [5.74, 6) is 3.12. The normalized spacial score (nSPS) is 10.9. The average molecular weight is 430 g/mol. The van der Waals surface area contributed by atoms with E-state index in [0.29, 0.717) is 32.1 Å². The molecule has 0 aliphatic carbocycles. The van der Waals surface area contributed by atoms with Crippen LogP contribution in [0.15, 0.2) is 78.9 Å². The second-order valence-electron chi connectivity index (χ2n) is 7.30. The number of hydrogen-bond donors (Lipinski definition) is 0. The van der Waals surface area contributed by atoms with Crippen molar-refractivity contribution in [3.63, 3.8) is 0 Å². The Hall–Kier alpha value is -3.48. The zero-order chi connectivity index (χ0) is 22.2. The highest BCUT2D eigenvalue weighted by atomic mass is 16.5. The first-order valence-corrected chi connectivity index (χ1v) is 10.6. The lowest BCUT2D eigenvalue weighted by Gasteiger charge is -2.25. The number of ether oxygens (including phenoxy) is 3. The summed E-state index contributed by atoms with van der Waals surface area (Å²) in [6.45, 7) is 2.63. The van der Waals surface area contributed by atoms with Crippen LogP contribution in [0.4, 0.5) is 5.82 Å². The molecule has 0 aliphatic rings. The molecule has 32 heavy (non-hydrogen) atoms. The van der Waals surface area contributed by atoms with Gasteiger partial charge in [-0.15, -0.1) is 0 Å². The van der Waals surface area contributed by atoms with E-state index < -0.39 is 0 Å². The van der Waals surface area contributed by atoms with Crippen LogP contribution in [0.1, 0.15) is 0 Å². The van der Waals surface area contributed by atoms with Crippen LogP contribution >= 0.6 is 0 Å². The molecule has 0 radical (unpaired) electrons. The highest BCUT2D eigenvalue weighted by Gasteiger charge is 2.15. The summed E-state index contributed by atoms with van der Waals surface area (Å²) >= 11 is 0. The molecule has 3 aromatic carbocycles. The second kappa shape index (κ2) is 10.7. The lowest BCUT2D eigenvalue weighted by molar-refractivity contribution is 0.190. The number of para-hydroxylation sites is 2. The maximum Gasteiger partial charge on any atom is 0.162 e. The zero-order valence-corrected chi connectivity index (χ0v) is 18.4. The summed E-state index contributed by atoms with van der Waals surface area (Å²) in [4.78, 5) is 12.0. The van der Waals surface area contributed by atoms with E-state index >= 15 is 0 Å². The van der Waals surface area contributed by atoms with E-state index in [9.17, 15) is 0 Å². The maximum atomic E-state index is 5.91. The van der Waals surface area contributed by atoms with Crippen LogP contribution in [0.2, 0.25) is 0 Å². The standard InChI is InChI=1S/C26H27N3O3/c1-30-18-16-29(17-19-31-2)26-23-10-6-7-11-24(23)27-25(28-26)20-12-14-22(15-13-20)32-21-8-4-3-5-9-21/h3-15H,16-19H2,1-2H3. The van der Waals surface area contributed by atoms with Crippen molar-refractivity contribution in [2.45, 2.75) is 0 Å². The van der Waals surface area contributed by atoms with E-state index in [0.717, 1.165) is 33.8 Å². The van der Waals surface area contributed by atoms with Gasteiger partial charge in [0.15, 0.2) is 5.82 Å². The Balaban J connectivity index is 1.68. The van der Waals surface area contributed by atoms with Crippen LogP contribution in [0.3, 0.4) is 0 Å². The zero-order valence-electron chi connectivity index (χ0n) is 18.4. The van der Waals surface area contributed by atoms with E-state index in [1.165, 1.54) is 0 Å². The number of benzene rings is 3. The fourth-order valence-electron chi connectivity index (χ4n) is 3.45. The van der Waals surface area contributed by atoms with E-state index in [4.69, 9.17) is 24.2 Å². The van der Waals surface area contributed by atoms with Crippen LogP contribution < -0.4 is 9.64 Å². The Bertz CT molecular complexity index is 1130. The van der Waals surface area contributed by atoms with Crippen molar-refractivity contribution in [2.24, 2.45) is 0 Å². The predicted octanol–water partition coefficient (Wildman–Crippen LogP) is 5.19. The molecule has 0 unspecified atom stereocenters. The molecule has 1 heterocycles. The van der Waals surface area contributed by atoms with Crippen molar-refractivity contribution in [3.05, 3.63) is 78.9 Å². The number of hydrogen-bond acceptors (Lipinski definition) is 6. The smallest absolute Gasteiger partial charge is 0.162 e. The summed E-state index contributed by atoms with van der Waals surface area (Å²) < 4.78 is 16.6. The molecule has 4 aromatic rings. The quantitative estimate of drug-likeness (QED) is 0.346. The number of nitrogens with zero attached hydrogens (tertiary/aromatic N) is 3. The lowest BCUT2D eigenvalue weighted by Crippen LogP contribution is -2.31. The van der Waals surface area contributed by atoms with Crippen molar-refractivity contribution in [1.29, 1.82) is 0 Å². The molecule has 0 atom stereocenters. The first-order chi connectivity index (χ1) is 15.8.